The third kappa shape index (κ3) is 2.68. The zero-order valence-corrected chi connectivity index (χ0v) is 10.9. The number of ether oxygens (including phenoxy) is 3. The summed E-state index contributed by atoms with van der Waals surface area (Å²) in [5.74, 6) is -0.412. The third-order valence-electron chi connectivity index (χ3n) is 3.38. The van der Waals surface area contributed by atoms with E-state index in [-0.39, 0.29) is 6.61 Å². The summed E-state index contributed by atoms with van der Waals surface area (Å²) >= 11 is 0. The monoisotopic (exact) mass is 262 g/mol. The highest BCUT2D eigenvalue weighted by molar-refractivity contribution is 4.93. The van der Waals surface area contributed by atoms with E-state index in [1.165, 1.54) is 0 Å². The van der Waals surface area contributed by atoms with Crippen LogP contribution in [0.1, 0.15) is 27.2 Å². The van der Waals surface area contributed by atoms with Crippen LogP contribution in [-0.2, 0) is 14.2 Å². The van der Waals surface area contributed by atoms with Crippen LogP contribution in [0.15, 0.2) is 0 Å². The number of aliphatic hydroxyl groups excluding tert-OH is 3. The summed E-state index contributed by atoms with van der Waals surface area (Å²) in [6.07, 6.45) is -4.48. The Bertz CT molecular complexity index is 294. The molecule has 6 nitrogen and oxygen atoms in total. The molecule has 0 amide bonds. The quantitative estimate of drug-likeness (QED) is 0.628. The van der Waals surface area contributed by atoms with Crippen molar-refractivity contribution in [3.8, 4) is 0 Å². The molecule has 0 saturated carbocycles. The van der Waals surface area contributed by atoms with E-state index in [0.717, 1.165) is 0 Å². The molecular weight excluding hydrogens is 240 g/mol. The summed E-state index contributed by atoms with van der Waals surface area (Å²) in [6, 6.07) is 0. The number of aliphatic hydroxyl groups is 3. The smallest absolute Gasteiger partial charge is 0.184 e. The largest absolute Gasteiger partial charge is 0.387 e. The SMILES string of the molecule is CC(C)CC1(C)OCC2OC(O)C(O)C(O)C2O1. The average molecular weight is 262 g/mol. The molecule has 0 aromatic carbocycles. The van der Waals surface area contributed by atoms with E-state index in [1.807, 2.05) is 6.92 Å². The van der Waals surface area contributed by atoms with Crippen molar-refractivity contribution in [3.05, 3.63) is 0 Å². The number of fused-ring (bicyclic) bond motifs is 1. The van der Waals surface area contributed by atoms with Crippen LogP contribution in [0.2, 0.25) is 0 Å². The second-order valence-corrected chi connectivity index (χ2v) is 5.67. The van der Waals surface area contributed by atoms with Crippen molar-refractivity contribution >= 4 is 0 Å². The van der Waals surface area contributed by atoms with Gasteiger partial charge < -0.3 is 29.5 Å². The van der Waals surface area contributed by atoms with Gasteiger partial charge >= 0.3 is 0 Å². The first-order valence-electron chi connectivity index (χ1n) is 6.34. The summed E-state index contributed by atoms with van der Waals surface area (Å²) in [7, 11) is 0. The van der Waals surface area contributed by atoms with Crippen LogP contribution in [0.25, 0.3) is 0 Å². The van der Waals surface area contributed by atoms with E-state index in [9.17, 15) is 15.3 Å². The first kappa shape index (κ1) is 14.2. The Kier molecular flexibility index (Phi) is 3.96. The van der Waals surface area contributed by atoms with E-state index in [4.69, 9.17) is 14.2 Å². The molecule has 6 atom stereocenters. The fourth-order valence-electron chi connectivity index (χ4n) is 2.63. The first-order chi connectivity index (χ1) is 8.32. The molecule has 6 heteroatoms. The lowest BCUT2D eigenvalue weighted by Gasteiger charge is -2.49. The van der Waals surface area contributed by atoms with Crippen LogP contribution in [0, 0.1) is 5.92 Å². The summed E-state index contributed by atoms with van der Waals surface area (Å²) in [5.41, 5.74) is 0. The molecule has 2 heterocycles. The summed E-state index contributed by atoms with van der Waals surface area (Å²) in [4.78, 5) is 0. The van der Waals surface area contributed by atoms with Gasteiger partial charge in [0.25, 0.3) is 0 Å². The van der Waals surface area contributed by atoms with Gasteiger partial charge in [0.1, 0.15) is 24.4 Å². The molecule has 2 fully saturated rings. The van der Waals surface area contributed by atoms with E-state index in [2.05, 4.69) is 13.8 Å². The van der Waals surface area contributed by atoms with Gasteiger partial charge in [0, 0.05) is 6.42 Å². The summed E-state index contributed by atoms with van der Waals surface area (Å²) in [6.45, 7) is 6.15. The van der Waals surface area contributed by atoms with Crippen LogP contribution in [0.5, 0.6) is 0 Å². The van der Waals surface area contributed by atoms with Gasteiger partial charge in [-0.1, -0.05) is 13.8 Å². The average Bonchev–Trinajstić information content (AvgIpc) is 2.26. The molecule has 6 unspecified atom stereocenters. The van der Waals surface area contributed by atoms with Gasteiger partial charge in [-0.05, 0) is 12.8 Å². The van der Waals surface area contributed by atoms with Gasteiger partial charge in [-0.25, -0.2) is 0 Å². The zero-order chi connectivity index (χ0) is 13.5. The molecule has 0 aromatic rings. The Morgan fingerprint density at radius 2 is 1.89 bits per heavy atom. The Morgan fingerprint density at radius 3 is 2.50 bits per heavy atom. The maximum Gasteiger partial charge on any atom is 0.184 e. The van der Waals surface area contributed by atoms with Crippen molar-refractivity contribution in [1.82, 2.24) is 0 Å². The summed E-state index contributed by atoms with van der Waals surface area (Å²) < 4.78 is 16.5. The lowest BCUT2D eigenvalue weighted by atomic mass is 9.95. The molecule has 2 saturated heterocycles. The normalized spacial score (nSPS) is 49.2. The molecule has 0 aromatic heterocycles. The van der Waals surface area contributed by atoms with Gasteiger partial charge in [-0.15, -0.1) is 0 Å². The van der Waals surface area contributed by atoms with Crippen molar-refractivity contribution in [1.29, 1.82) is 0 Å². The maximum atomic E-state index is 9.94. The molecule has 3 N–H and O–H groups in total. The van der Waals surface area contributed by atoms with E-state index < -0.39 is 36.5 Å². The minimum absolute atomic E-state index is 0.231. The molecule has 0 aliphatic carbocycles. The zero-order valence-electron chi connectivity index (χ0n) is 10.9. The van der Waals surface area contributed by atoms with Gasteiger partial charge in [-0.3, -0.25) is 0 Å². The minimum atomic E-state index is -1.40. The van der Waals surface area contributed by atoms with Crippen molar-refractivity contribution in [2.24, 2.45) is 5.92 Å². The van der Waals surface area contributed by atoms with Gasteiger partial charge in [0.2, 0.25) is 0 Å². The molecule has 0 bridgehead atoms. The predicted octanol–water partition coefficient (Wildman–Crippen LogP) is -0.397. The fraction of sp³-hybridized carbons (Fsp3) is 1.00. The molecule has 106 valence electrons. The summed E-state index contributed by atoms with van der Waals surface area (Å²) in [5, 5.41) is 28.9. The third-order valence-corrected chi connectivity index (χ3v) is 3.38. The second-order valence-electron chi connectivity index (χ2n) is 5.67. The number of hydrogen-bond acceptors (Lipinski definition) is 6. The molecule has 0 radical (unpaired) electrons. The van der Waals surface area contributed by atoms with Crippen LogP contribution >= 0.6 is 0 Å². The van der Waals surface area contributed by atoms with Gasteiger partial charge in [0.15, 0.2) is 12.1 Å². The number of rotatable bonds is 2. The highest BCUT2D eigenvalue weighted by Crippen LogP contribution is 2.35. The number of hydrogen-bond donors (Lipinski definition) is 3. The molecular formula is C12H22O6. The standard InChI is InChI=1S/C12H22O6/c1-6(2)4-12(3)16-5-7-10(18-12)8(13)9(14)11(15)17-7/h6-11,13-15H,4-5H2,1-3H3. The molecule has 2 aliphatic rings. The van der Waals surface area contributed by atoms with Crippen LogP contribution in [-0.4, -0.2) is 58.4 Å². The Balaban J connectivity index is 2.07. The molecule has 2 rings (SSSR count). The second kappa shape index (κ2) is 5.03. The van der Waals surface area contributed by atoms with Crippen LogP contribution in [0.4, 0.5) is 0 Å². The first-order valence-corrected chi connectivity index (χ1v) is 6.34. The fourth-order valence-corrected chi connectivity index (χ4v) is 2.63. The van der Waals surface area contributed by atoms with Crippen molar-refractivity contribution in [2.45, 2.75) is 63.7 Å². The van der Waals surface area contributed by atoms with Crippen LogP contribution < -0.4 is 0 Å². The predicted molar refractivity (Wildman–Crippen MR) is 61.6 cm³/mol. The molecule has 2 aliphatic heterocycles. The van der Waals surface area contributed by atoms with E-state index in [0.29, 0.717) is 12.3 Å². The molecule has 0 spiro atoms. The van der Waals surface area contributed by atoms with Crippen molar-refractivity contribution in [2.75, 3.05) is 6.61 Å². The van der Waals surface area contributed by atoms with E-state index >= 15 is 0 Å². The lowest BCUT2D eigenvalue weighted by Crippen LogP contribution is -2.64. The lowest BCUT2D eigenvalue weighted by molar-refractivity contribution is -0.384. The molecule has 18 heavy (non-hydrogen) atoms. The van der Waals surface area contributed by atoms with Gasteiger partial charge in [0.05, 0.1) is 6.61 Å². The van der Waals surface area contributed by atoms with E-state index in [1.54, 1.807) is 0 Å². The van der Waals surface area contributed by atoms with Gasteiger partial charge in [-0.2, -0.15) is 0 Å². The Morgan fingerprint density at radius 1 is 1.22 bits per heavy atom. The van der Waals surface area contributed by atoms with Crippen LogP contribution in [0.3, 0.4) is 0 Å². The Labute approximate surface area is 106 Å². The van der Waals surface area contributed by atoms with Crippen molar-refractivity contribution < 1.29 is 29.5 Å². The minimum Gasteiger partial charge on any atom is -0.387 e. The Hall–Kier alpha value is -0.240. The highest BCUT2D eigenvalue weighted by atomic mass is 16.7. The van der Waals surface area contributed by atoms with Crippen molar-refractivity contribution in [3.63, 3.8) is 0 Å². The maximum absolute atomic E-state index is 9.94. The topological polar surface area (TPSA) is 88.4 Å². The highest BCUT2D eigenvalue weighted by Gasteiger charge is 2.51.